The molecule has 1 fully saturated rings. The molecule has 0 saturated carbocycles. The van der Waals surface area contributed by atoms with Gasteiger partial charge in [0, 0.05) is 19.1 Å². The van der Waals surface area contributed by atoms with Crippen molar-refractivity contribution >= 4 is 0 Å². The summed E-state index contributed by atoms with van der Waals surface area (Å²) >= 11 is 0. The molecule has 0 aliphatic carbocycles. The maximum absolute atomic E-state index is 6.32. The van der Waals surface area contributed by atoms with Crippen LogP contribution in [0.2, 0.25) is 0 Å². The highest BCUT2D eigenvalue weighted by atomic mass is 16.5. The van der Waals surface area contributed by atoms with E-state index in [2.05, 4.69) is 17.9 Å². The average Bonchev–Trinajstić information content (AvgIpc) is 2.86. The number of methoxy groups -OCH3 is 1. The second-order valence-electron chi connectivity index (χ2n) is 5.59. The summed E-state index contributed by atoms with van der Waals surface area (Å²) in [6.07, 6.45) is 3.98. The molecule has 0 spiro atoms. The zero-order chi connectivity index (χ0) is 13.7. The number of nitrogens with zero attached hydrogens (tertiary/aromatic N) is 1. The molecule has 0 bridgehead atoms. The second-order valence-corrected chi connectivity index (χ2v) is 5.59. The second kappa shape index (κ2) is 6.92. The molecule has 106 valence electrons. The molecule has 1 aliphatic heterocycles. The lowest BCUT2D eigenvalue weighted by Crippen LogP contribution is -2.30. The summed E-state index contributed by atoms with van der Waals surface area (Å²) in [7, 11) is 1.69. The highest BCUT2D eigenvalue weighted by Gasteiger charge is 2.23. The summed E-state index contributed by atoms with van der Waals surface area (Å²) < 4.78 is 5.25. The van der Waals surface area contributed by atoms with E-state index in [1.165, 1.54) is 37.9 Å². The minimum absolute atomic E-state index is 0.0791. The first-order chi connectivity index (χ1) is 9.22. The standard InChI is InChI=1S/C16H26N2O/c1-3-5-13-8-9-18(11-13)12-16(17)14-6-4-7-15(10-14)19-2/h4,6-7,10,13,16H,3,5,8-9,11-12,17H2,1-2H3. The fourth-order valence-electron chi connectivity index (χ4n) is 2.98. The van der Waals surface area contributed by atoms with Gasteiger partial charge in [0.2, 0.25) is 0 Å². The van der Waals surface area contributed by atoms with Gasteiger partial charge in [0.1, 0.15) is 5.75 Å². The number of nitrogens with two attached hydrogens (primary N) is 1. The van der Waals surface area contributed by atoms with Gasteiger partial charge in [-0.3, -0.25) is 0 Å². The monoisotopic (exact) mass is 262 g/mol. The van der Waals surface area contributed by atoms with Crippen LogP contribution in [0.1, 0.15) is 37.8 Å². The Kier molecular flexibility index (Phi) is 5.23. The molecule has 2 atom stereocenters. The van der Waals surface area contributed by atoms with E-state index in [1.54, 1.807) is 7.11 Å². The fraction of sp³-hybridized carbons (Fsp3) is 0.625. The van der Waals surface area contributed by atoms with E-state index in [1.807, 2.05) is 18.2 Å². The Labute approximate surface area is 116 Å². The Balaban J connectivity index is 1.88. The van der Waals surface area contributed by atoms with E-state index < -0.39 is 0 Å². The predicted molar refractivity (Wildman–Crippen MR) is 79.4 cm³/mol. The van der Waals surface area contributed by atoms with Crippen molar-refractivity contribution in [1.29, 1.82) is 0 Å². The van der Waals surface area contributed by atoms with Crippen LogP contribution in [-0.2, 0) is 0 Å². The van der Waals surface area contributed by atoms with Crippen LogP contribution in [0.4, 0.5) is 0 Å². The van der Waals surface area contributed by atoms with E-state index in [4.69, 9.17) is 10.5 Å². The minimum atomic E-state index is 0.0791. The van der Waals surface area contributed by atoms with Gasteiger partial charge in [-0.1, -0.05) is 25.5 Å². The molecule has 2 N–H and O–H groups in total. The van der Waals surface area contributed by atoms with Gasteiger partial charge in [-0.05, 0) is 43.0 Å². The molecular formula is C16H26N2O. The minimum Gasteiger partial charge on any atom is -0.497 e. The van der Waals surface area contributed by atoms with E-state index in [0.717, 1.165) is 18.2 Å². The molecular weight excluding hydrogens is 236 g/mol. The van der Waals surface area contributed by atoms with Crippen molar-refractivity contribution < 1.29 is 4.74 Å². The van der Waals surface area contributed by atoms with Crippen LogP contribution in [0.5, 0.6) is 5.75 Å². The van der Waals surface area contributed by atoms with Crippen molar-refractivity contribution in [1.82, 2.24) is 4.90 Å². The number of ether oxygens (including phenoxy) is 1. The van der Waals surface area contributed by atoms with Crippen LogP contribution in [0.3, 0.4) is 0 Å². The summed E-state index contributed by atoms with van der Waals surface area (Å²) in [5.41, 5.74) is 7.49. The first-order valence-electron chi connectivity index (χ1n) is 7.34. The molecule has 0 amide bonds. The molecule has 2 rings (SSSR count). The first-order valence-corrected chi connectivity index (χ1v) is 7.34. The summed E-state index contributed by atoms with van der Waals surface area (Å²) in [6.45, 7) is 5.63. The van der Waals surface area contributed by atoms with Crippen LogP contribution >= 0.6 is 0 Å². The van der Waals surface area contributed by atoms with Crippen LogP contribution in [0.25, 0.3) is 0 Å². The lowest BCUT2D eigenvalue weighted by Gasteiger charge is -2.21. The molecule has 1 aliphatic rings. The molecule has 1 aromatic carbocycles. The van der Waals surface area contributed by atoms with Crippen molar-refractivity contribution in [2.45, 2.75) is 32.2 Å². The van der Waals surface area contributed by atoms with E-state index in [-0.39, 0.29) is 6.04 Å². The third-order valence-corrected chi connectivity index (χ3v) is 4.04. The zero-order valence-electron chi connectivity index (χ0n) is 12.1. The average molecular weight is 262 g/mol. The van der Waals surface area contributed by atoms with Crippen LogP contribution in [-0.4, -0.2) is 31.6 Å². The van der Waals surface area contributed by atoms with Gasteiger partial charge >= 0.3 is 0 Å². The zero-order valence-corrected chi connectivity index (χ0v) is 12.1. The van der Waals surface area contributed by atoms with Crippen molar-refractivity contribution in [3.05, 3.63) is 29.8 Å². The Hall–Kier alpha value is -1.06. The maximum atomic E-state index is 6.32. The normalized spacial score (nSPS) is 21.5. The highest BCUT2D eigenvalue weighted by Crippen LogP contribution is 2.24. The van der Waals surface area contributed by atoms with Crippen molar-refractivity contribution in [3.63, 3.8) is 0 Å². The van der Waals surface area contributed by atoms with Crippen molar-refractivity contribution in [2.24, 2.45) is 11.7 Å². The number of hydrogen-bond acceptors (Lipinski definition) is 3. The maximum Gasteiger partial charge on any atom is 0.119 e. The third-order valence-electron chi connectivity index (χ3n) is 4.04. The van der Waals surface area contributed by atoms with Gasteiger partial charge in [-0.25, -0.2) is 0 Å². The largest absolute Gasteiger partial charge is 0.497 e. The summed E-state index contributed by atoms with van der Waals surface area (Å²) in [6, 6.07) is 8.19. The number of benzene rings is 1. The van der Waals surface area contributed by atoms with Crippen molar-refractivity contribution in [3.8, 4) is 5.75 Å². The van der Waals surface area contributed by atoms with E-state index in [0.29, 0.717) is 0 Å². The van der Waals surface area contributed by atoms with E-state index in [9.17, 15) is 0 Å². The summed E-state index contributed by atoms with van der Waals surface area (Å²) in [5.74, 6) is 1.76. The Morgan fingerprint density at radius 1 is 1.47 bits per heavy atom. The number of rotatable bonds is 6. The number of likely N-dealkylation sites (tertiary alicyclic amines) is 1. The van der Waals surface area contributed by atoms with Crippen molar-refractivity contribution in [2.75, 3.05) is 26.7 Å². The summed E-state index contributed by atoms with van der Waals surface area (Å²) in [5, 5.41) is 0. The summed E-state index contributed by atoms with van der Waals surface area (Å²) in [4.78, 5) is 2.50. The van der Waals surface area contributed by atoms with Gasteiger partial charge in [0.05, 0.1) is 7.11 Å². The molecule has 0 radical (unpaired) electrons. The van der Waals surface area contributed by atoms with Crippen LogP contribution in [0.15, 0.2) is 24.3 Å². The topological polar surface area (TPSA) is 38.5 Å². The predicted octanol–water partition coefficient (Wildman–Crippen LogP) is 2.82. The molecule has 1 heterocycles. The third kappa shape index (κ3) is 3.95. The Morgan fingerprint density at radius 3 is 3.05 bits per heavy atom. The van der Waals surface area contributed by atoms with Gasteiger partial charge in [-0.15, -0.1) is 0 Å². The van der Waals surface area contributed by atoms with Gasteiger partial charge in [0.25, 0.3) is 0 Å². The van der Waals surface area contributed by atoms with E-state index >= 15 is 0 Å². The fourth-order valence-corrected chi connectivity index (χ4v) is 2.98. The SMILES string of the molecule is CCCC1CCN(CC(N)c2cccc(OC)c2)C1. The smallest absolute Gasteiger partial charge is 0.119 e. The van der Waals surface area contributed by atoms with Crippen LogP contribution in [0, 0.1) is 5.92 Å². The molecule has 1 saturated heterocycles. The van der Waals surface area contributed by atoms with Crippen LogP contribution < -0.4 is 10.5 Å². The molecule has 3 heteroatoms. The van der Waals surface area contributed by atoms with Gasteiger partial charge in [0.15, 0.2) is 0 Å². The number of hydrogen-bond donors (Lipinski definition) is 1. The van der Waals surface area contributed by atoms with Gasteiger partial charge in [-0.2, -0.15) is 0 Å². The lowest BCUT2D eigenvalue weighted by atomic mass is 10.0. The Bertz CT molecular complexity index is 394. The molecule has 0 aromatic heterocycles. The molecule has 3 nitrogen and oxygen atoms in total. The quantitative estimate of drug-likeness (QED) is 0.856. The lowest BCUT2D eigenvalue weighted by molar-refractivity contribution is 0.300. The molecule has 19 heavy (non-hydrogen) atoms. The Morgan fingerprint density at radius 2 is 2.32 bits per heavy atom. The first kappa shape index (κ1) is 14.4. The molecule has 1 aromatic rings. The highest BCUT2D eigenvalue weighted by molar-refractivity contribution is 5.30. The molecule has 2 unspecified atom stereocenters. The van der Waals surface area contributed by atoms with Gasteiger partial charge < -0.3 is 15.4 Å².